The van der Waals surface area contributed by atoms with Crippen LogP contribution in [0.15, 0.2) is 40.8 Å². The van der Waals surface area contributed by atoms with E-state index in [4.69, 9.17) is 25.5 Å². The summed E-state index contributed by atoms with van der Waals surface area (Å²) in [6.45, 7) is 1.06. The van der Waals surface area contributed by atoms with E-state index in [-0.39, 0.29) is 23.3 Å². The van der Waals surface area contributed by atoms with Gasteiger partial charge in [-0.3, -0.25) is 4.79 Å². The Morgan fingerprint density at radius 2 is 2.03 bits per heavy atom. The number of aromatic nitrogens is 2. The molecular formula is C21H17ClFN3O4. The molecule has 2 aromatic carbocycles. The second kappa shape index (κ2) is 7.60. The second-order valence-electron chi connectivity index (χ2n) is 7.20. The first kappa shape index (κ1) is 18.9. The third-order valence-corrected chi connectivity index (χ3v) is 5.61. The monoisotopic (exact) mass is 429 g/mol. The maximum atomic E-state index is 14.2. The average molecular weight is 430 g/mol. The van der Waals surface area contributed by atoms with Crippen molar-refractivity contribution in [2.75, 3.05) is 19.9 Å². The van der Waals surface area contributed by atoms with Crippen LogP contribution in [-0.4, -0.2) is 40.9 Å². The number of carbonyl (C=O) groups excluding carboxylic acids is 1. The van der Waals surface area contributed by atoms with Gasteiger partial charge in [0.25, 0.3) is 5.91 Å². The largest absolute Gasteiger partial charge is 0.454 e. The highest BCUT2D eigenvalue weighted by atomic mass is 35.5. The number of ether oxygens (including phenoxy) is 2. The molecule has 0 N–H and O–H groups in total. The third kappa shape index (κ3) is 3.37. The summed E-state index contributed by atoms with van der Waals surface area (Å²) in [6, 6.07) is 9.62. The quantitative estimate of drug-likeness (QED) is 0.618. The Bertz CT molecular complexity index is 1100. The molecule has 3 heterocycles. The Morgan fingerprint density at radius 3 is 2.90 bits per heavy atom. The number of fused-ring (bicyclic) bond motifs is 1. The van der Waals surface area contributed by atoms with Gasteiger partial charge in [0.1, 0.15) is 5.82 Å². The van der Waals surface area contributed by atoms with E-state index >= 15 is 0 Å². The van der Waals surface area contributed by atoms with E-state index in [0.29, 0.717) is 36.4 Å². The normalized spacial score (nSPS) is 17.9. The lowest BCUT2D eigenvalue weighted by molar-refractivity contribution is 0.0694. The number of halogens is 2. The molecule has 9 heteroatoms. The second-order valence-corrected chi connectivity index (χ2v) is 7.61. The van der Waals surface area contributed by atoms with Crippen LogP contribution in [0.2, 0.25) is 5.02 Å². The van der Waals surface area contributed by atoms with E-state index in [1.807, 2.05) is 6.07 Å². The van der Waals surface area contributed by atoms with Crippen molar-refractivity contribution in [2.45, 2.75) is 18.8 Å². The summed E-state index contributed by atoms with van der Waals surface area (Å²) in [5.74, 6) is 0.915. The van der Waals surface area contributed by atoms with Crippen LogP contribution in [0.25, 0.3) is 11.5 Å². The van der Waals surface area contributed by atoms with Crippen molar-refractivity contribution >= 4 is 17.5 Å². The van der Waals surface area contributed by atoms with Crippen LogP contribution in [0.3, 0.4) is 0 Å². The van der Waals surface area contributed by atoms with E-state index < -0.39 is 11.7 Å². The molecule has 3 aromatic rings. The number of likely N-dealkylation sites (tertiary alicyclic amines) is 1. The molecule has 1 amide bonds. The molecular weight excluding hydrogens is 413 g/mol. The minimum atomic E-state index is -0.627. The van der Waals surface area contributed by atoms with Gasteiger partial charge in [-0.25, -0.2) is 4.39 Å². The van der Waals surface area contributed by atoms with Crippen LogP contribution >= 0.6 is 11.6 Å². The first-order chi connectivity index (χ1) is 14.6. The number of hydrogen-bond donors (Lipinski definition) is 0. The predicted octanol–water partition coefficient (Wildman–Crippen LogP) is 4.28. The van der Waals surface area contributed by atoms with Crippen molar-refractivity contribution < 1.29 is 23.1 Å². The molecule has 1 unspecified atom stereocenters. The van der Waals surface area contributed by atoms with E-state index in [0.717, 1.165) is 18.4 Å². The maximum absolute atomic E-state index is 14.2. The molecule has 1 saturated heterocycles. The third-order valence-electron chi connectivity index (χ3n) is 5.29. The van der Waals surface area contributed by atoms with E-state index in [2.05, 4.69) is 10.2 Å². The van der Waals surface area contributed by atoms with E-state index in [1.165, 1.54) is 18.2 Å². The maximum Gasteiger partial charge on any atom is 0.258 e. The van der Waals surface area contributed by atoms with Crippen LogP contribution in [0.5, 0.6) is 11.5 Å². The van der Waals surface area contributed by atoms with Crippen molar-refractivity contribution in [3.63, 3.8) is 0 Å². The zero-order valence-corrected chi connectivity index (χ0v) is 16.6. The standard InChI is InChI=1S/C21H17ClFN3O4/c22-14-4-1-5-15(23)18(14)21(27)26-8-2-3-13(10-26)20-25-24-19(30-20)12-6-7-16-17(9-12)29-11-28-16/h1,4-7,9,13H,2-3,8,10-11H2. The lowest BCUT2D eigenvalue weighted by Crippen LogP contribution is -2.39. The number of benzene rings is 2. The number of piperidine rings is 1. The lowest BCUT2D eigenvalue weighted by Gasteiger charge is -2.31. The topological polar surface area (TPSA) is 77.7 Å². The average Bonchev–Trinajstić information content (AvgIpc) is 3.43. The minimum absolute atomic E-state index is 0.102. The Balaban J connectivity index is 1.35. The summed E-state index contributed by atoms with van der Waals surface area (Å²) in [6.07, 6.45) is 1.53. The van der Waals surface area contributed by atoms with Crippen molar-refractivity contribution in [3.8, 4) is 23.0 Å². The van der Waals surface area contributed by atoms with Crippen LogP contribution in [-0.2, 0) is 0 Å². The van der Waals surface area contributed by atoms with Crippen molar-refractivity contribution in [1.82, 2.24) is 15.1 Å². The smallest absolute Gasteiger partial charge is 0.258 e. The summed E-state index contributed by atoms with van der Waals surface area (Å²) in [4.78, 5) is 14.4. The van der Waals surface area contributed by atoms with Gasteiger partial charge in [-0.1, -0.05) is 17.7 Å². The predicted molar refractivity (Wildman–Crippen MR) is 105 cm³/mol. The summed E-state index contributed by atoms with van der Waals surface area (Å²) in [7, 11) is 0. The molecule has 7 nitrogen and oxygen atoms in total. The molecule has 5 rings (SSSR count). The van der Waals surface area contributed by atoms with Crippen LogP contribution in [0.1, 0.15) is 35.0 Å². The van der Waals surface area contributed by atoms with Crippen molar-refractivity contribution in [2.24, 2.45) is 0 Å². The van der Waals surface area contributed by atoms with Gasteiger partial charge in [-0.05, 0) is 43.2 Å². The van der Waals surface area contributed by atoms with Crippen LogP contribution in [0.4, 0.5) is 4.39 Å². The minimum Gasteiger partial charge on any atom is -0.454 e. The summed E-state index contributed by atoms with van der Waals surface area (Å²) < 4.78 is 30.8. The van der Waals surface area contributed by atoms with E-state index in [1.54, 1.807) is 17.0 Å². The SMILES string of the molecule is O=C(c1c(F)cccc1Cl)N1CCCC(c2nnc(-c3ccc4c(c3)OCO4)o2)C1. The first-order valence-electron chi connectivity index (χ1n) is 9.57. The van der Waals surface area contributed by atoms with Gasteiger partial charge in [0.05, 0.1) is 16.5 Å². The molecule has 1 aromatic heterocycles. The summed E-state index contributed by atoms with van der Waals surface area (Å²) in [5, 5.41) is 8.43. The van der Waals surface area contributed by atoms with Gasteiger partial charge in [0.15, 0.2) is 11.5 Å². The number of carbonyl (C=O) groups is 1. The highest BCUT2D eigenvalue weighted by Crippen LogP contribution is 2.36. The van der Waals surface area contributed by atoms with E-state index in [9.17, 15) is 9.18 Å². The molecule has 30 heavy (non-hydrogen) atoms. The zero-order valence-electron chi connectivity index (χ0n) is 15.8. The zero-order chi connectivity index (χ0) is 20.7. The van der Waals surface area contributed by atoms with Crippen LogP contribution < -0.4 is 9.47 Å². The molecule has 0 saturated carbocycles. The van der Waals surface area contributed by atoms with Gasteiger partial charge < -0.3 is 18.8 Å². The van der Waals surface area contributed by atoms with Gasteiger partial charge in [0, 0.05) is 18.7 Å². The molecule has 0 aliphatic carbocycles. The first-order valence-corrected chi connectivity index (χ1v) is 9.94. The molecule has 0 spiro atoms. The van der Waals surface area contributed by atoms with Gasteiger partial charge in [0.2, 0.25) is 18.6 Å². The Hall–Kier alpha value is -3.13. The Labute approximate surface area is 176 Å². The molecule has 0 bridgehead atoms. The summed E-state index contributed by atoms with van der Waals surface area (Å²) in [5.41, 5.74) is 0.617. The molecule has 1 fully saturated rings. The number of amides is 1. The number of hydrogen-bond acceptors (Lipinski definition) is 6. The highest BCUT2D eigenvalue weighted by Gasteiger charge is 2.31. The fourth-order valence-corrected chi connectivity index (χ4v) is 4.01. The van der Waals surface area contributed by atoms with Gasteiger partial charge in [-0.2, -0.15) is 0 Å². The van der Waals surface area contributed by atoms with Crippen molar-refractivity contribution in [3.05, 3.63) is 58.7 Å². The van der Waals surface area contributed by atoms with Gasteiger partial charge >= 0.3 is 0 Å². The molecule has 2 aliphatic heterocycles. The Morgan fingerprint density at radius 1 is 1.17 bits per heavy atom. The molecule has 154 valence electrons. The Kier molecular flexibility index (Phi) is 4.78. The van der Waals surface area contributed by atoms with Crippen LogP contribution in [0, 0.1) is 5.82 Å². The lowest BCUT2D eigenvalue weighted by atomic mass is 9.97. The van der Waals surface area contributed by atoms with Crippen molar-refractivity contribution in [1.29, 1.82) is 0 Å². The molecule has 2 aliphatic rings. The van der Waals surface area contributed by atoms with Gasteiger partial charge in [-0.15, -0.1) is 10.2 Å². The number of rotatable bonds is 3. The summed E-state index contributed by atoms with van der Waals surface area (Å²) >= 11 is 6.06. The highest BCUT2D eigenvalue weighted by molar-refractivity contribution is 6.33. The molecule has 1 atom stereocenters. The fourth-order valence-electron chi connectivity index (χ4n) is 3.77. The molecule has 0 radical (unpaired) electrons. The fraction of sp³-hybridized carbons (Fsp3) is 0.286. The number of nitrogens with zero attached hydrogens (tertiary/aromatic N) is 3.